The third kappa shape index (κ3) is 23.0. The Morgan fingerprint density at radius 3 is 1.30 bits per heavy atom. The minimum atomic E-state index is -0.506. The molecule has 0 aromatic heterocycles. The van der Waals surface area contributed by atoms with Crippen molar-refractivity contribution in [3.05, 3.63) is 0 Å². The molecule has 10 nitrogen and oxygen atoms in total. The van der Waals surface area contributed by atoms with Crippen molar-refractivity contribution in [2.75, 3.05) is 86.4 Å². The van der Waals surface area contributed by atoms with Crippen molar-refractivity contribution in [1.82, 2.24) is 0 Å². The quantitative estimate of drug-likeness (QED) is 0.202. The van der Waals surface area contributed by atoms with Crippen LogP contribution in [-0.4, -0.2) is 104 Å². The predicted octanol–water partition coefficient (Wildman–Crippen LogP) is 0.991. The van der Waals surface area contributed by atoms with Crippen molar-refractivity contribution >= 4 is 11.9 Å². The molecule has 0 aliphatic rings. The van der Waals surface area contributed by atoms with Crippen LogP contribution in [0, 0.1) is 0 Å². The smallest absolute Gasteiger partial charge is 0.332 e. The maximum Gasteiger partial charge on any atom is 0.332 e. The van der Waals surface area contributed by atoms with Gasteiger partial charge in [-0.25, -0.2) is 4.79 Å². The molecule has 0 aliphatic heterocycles. The van der Waals surface area contributed by atoms with Crippen LogP contribution in [0.2, 0.25) is 0 Å². The number of esters is 2. The van der Waals surface area contributed by atoms with Gasteiger partial charge in [-0.2, -0.15) is 0 Å². The van der Waals surface area contributed by atoms with Crippen molar-refractivity contribution in [3.63, 3.8) is 0 Å². The van der Waals surface area contributed by atoms with Crippen LogP contribution in [0.4, 0.5) is 0 Å². The molecule has 0 bridgehead atoms. The van der Waals surface area contributed by atoms with Gasteiger partial charge >= 0.3 is 11.9 Å². The molecule has 0 heterocycles. The van der Waals surface area contributed by atoms with E-state index in [-0.39, 0.29) is 25.0 Å². The molecule has 0 fully saturated rings. The van der Waals surface area contributed by atoms with E-state index in [1.54, 1.807) is 0 Å². The van der Waals surface area contributed by atoms with Gasteiger partial charge in [0.25, 0.3) is 0 Å². The van der Waals surface area contributed by atoms with E-state index in [4.69, 9.17) is 33.2 Å². The molecule has 0 radical (unpaired) electrons. The standard InChI is InChI=1S/C20H38O10/c1-20(2,3)30-19(22)17-29-16-15-28-14-13-27-12-11-26-10-9-25-8-7-24-6-5-18(21)23-4/h5-17H2,1-4H3. The largest absolute Gasteiger partial charge is 0.469 e. The molecule has 30 heavy (non-hydrogen) atoms. The lowest BCUT2D eigenvalue weighted by molar-refractivity contribution is -0.160. The summed E-state index contributed by atoms with van der Waals surface area (Å²) in [6.45, 7) is 10.00. The summed E-state index contributed by atoms with van der Waals surface area (Å²) in [4.78, 5) is 22.3. The van der Waals surface area contributed by atoms with Crippen molar-refractivity contribution in [2.24, 2.45) is 0 Å². The molecule has 0 unspecified atom stereocenters. The highest BCUT2D eigenvalue weighted by Gasteiger charge is 2.15. The first-order valence-corrected chi connectivity index (χ1v) is 10.1. The molecule has 0 atom stereocenters. The van der Waals surface area contributed by atoms with Gasteiger partial charge in [-0.05, 0) is 20.8 Å². The topological polar surface area (TPSA) is 108 Å². The maximum absolute atomic E-state index is 11.4. The number of hydrogen-bond acceptors (Lipinski definition) is 10. The lowest BCUT2D eigenvalue weighted by Gasteiger charge is -2.19. The SMILES string of the molecule is COC(=O)CCOCCOCCOCCOCCOCCOCC(=O)OC(C)(C)C. The molecule has 178 valence electrons. The molecule has 0 amide bonds. The van der Waals surface area contributed by atoms with Crippen LogP contribution < -0.4 is 0 Å². The first-order valence-electron chi connectivity index (χ1n) is 10.1. The number of hydrogen-bond donors (Lipinski definition) is 0. The van der Waals surface area contributed by atoms with Gasteiger partial charge in [0.1, 0.15) is 12.2 Å². The predicted molar refractivity (Wildman–Crippen MR) is 107 cm³/mol. The van der Waals surface area contributed by atoms with E-state index in [1.165, 1.54) is 7.11 Å². The molecule has 10 heteroatoms. The number of carbonyl (C=O) groups is 2. The zero-order chi connectivity index (χ0) is 22.5. The Kier molecular flexibility index (Phi) is 18.8. The fraction of sp³-hybridized carbons (Fsp3) is 0.900. The van der Waals surface area contributed by atoms with E-state index in [9.17, 15) is 9.59 Å². The van der Waals surface area contributed by atoms with E-state index in [0.717, 1.165) is 0 Å². The van der Waals surface area contributed by atoms with Gasteiger partial charge in [-0.1, -0.05) is 0 Å². The van der Waals surface area contributed by atoms with E-state index < -0.39 is 5.60 Å². The molecule has 0 N–H and O–H groups in total. The van der Waals surface area contributed by atoms with Crippen LogP contribution in [0.3, 0.4) is 0 Å². The van der Waals surface area contributed by atoms with Crippen molar-refractivity contribution in [2.45, 2.75) is 32.8 Å². The van der Waals surface area contributed by atoms with Crippen molar-refractivity contribution in [3.8, 4) is 0 Å². The normalized spacial score (nSPS) is 11.5. The van der Waals surface area contributed by atoms with E-state index in [0.29, 0.717) is 72.7 Å². The number of rotatable bonds is 20. The van der Waals surface area contributed by atoms with E-state index >= 15 is 0 Å². The first kappa shape index (κ1) is 28.7. The van der Waals surface area contributed by atoms with Crippen LogP contribution in [-0.2, 0) is 47.5 Å². The van der Waals surface area contributed by atoms with Gasteiger partial charge in [0.15, 0.2) is 0 Å². The lowest BCUT2D eigenvalue weighted by atomic mass is 10.2. The van der Waals surface area contributed by atoms with E-state index in [2.05, 4.69) is 4.74 Å². The highest BCUT2D eigenvalue weighted by molar-refractivity contribution is 5.71. The molecule has 0 aromatic carbocycles. The molecule has 0 aromatic rings. The number of ether oxygens (including phenoxy) is 8. The Morgan fingerprint density at radius 2 is 0.933 bits per heavy atom. The van der Waals surface area contributed by atoms with Gasteiger partial charge in [-0.15, -0.1) is 0 Å². The first-order chi connectivity index (χ1) is 14.3. The van der Waals surface area contributed by atoms with Crippen LogP contribution >= 0.6 is 0 Å². The monoisotopic (exact) mass is 438 g/mol. The lowest BCUT2D eigenvalue weighted by Crippen LogP contribution is -2.27. The highest BCUT2D eigenvalue weighted by Crippen LogP contribution is 2.06. The summed E-state index contributed by atoms with van der Waals surface area (Å²) in [5.74, 6) is -0.678. The van der Waals surface area contributed by atoms with Gasteiger partial charge < -0.3 is 37.9 Å². The van der Waals surface area contributed by atoms with Gasteiger partial charge in [0.2, 0.25) is 0 Å². The summed E-state index contributed by atoms with van der Waals surface area (Å²) in [5, 5.41) is 0. The Balaban J connectivity index is 3.15. The van der Waals surface area contributed by atoms with Gasteiger partial charge in [0.05, 0.1) is 86.2 Å². The zero-order valence-corrected chi connectivity index (χ0v) is 18.8. The number of methoxy groups -OCH3 is 1. The molecule has 0 saturated heterocycles. The number of carbonyl (C=O) groups excluding carboxylic acids is 2. The summed E-state index contributed by atoms with van der Waals surface area (Å²) >= 11 is 0. The van der Waals surface area contributed by atoms with Crippen LogP contribution in [0.25, 0.3) is 0 Å². The molecular formula is C20H38O10. The third-order valence-electron chi connectivity index (χ3n) is 3.18. The highest BCUT2D eigenvalue weighted by atomic mass is 16.6. The molecule has 0 spiro atoms. The Morgan fingerprint density at radius 1 is 0.567 bits per heavy atom. The second kappa shape index (κ2) is 19.7. The summed E-state index contributed by atoms with van der Waals surface area (Å²) in [6, 6.07) is 0. The van der Waals surface area contributed by atoms with Gasteiger partial charge in [-0.3, -0.25) is 4.79 Å². The van der Waals surface area contributed by atoms with Crippen molar-refractivity contribution in [1.29, 1.82) is 0 Å². The summed E-state index contributed by atoms with van der Waals surface area (Å²) < 4.78 is 41.4. The van der Waals surface area contributed by atoms with Gasteiger partial charge in [0, 0.05) is 0 Å². The van der Waals surface area contributed by atoms with Crippen molar-refractivity contribution < 1.29 is 47.5 Å². The van der Waals surface area contributed by atoms with Crippen LogP contribution in [0.15, 0.2) is 0 Å². The fourth-order valence-electron chi connectivity index (χ4n) is 1.88. The molecule has 0 rings (SSSR count). The summed E-state index contributed by atoms with van der Waals surface area (Å²) in [5.41, 5.74) is -0.506. The van der Waals surface area contributed by atoms with E-state index in [1.807, 2.05) is 20.8 Å². The molecule has 0 aliphatic carbocycles. The minimum Gasteiger partial charge on any atom is -0.469 e. The average Bonchev–Trinajstić information content (AvgIpc) is 2.68. The maximum atomic E-state index is 11.4. The third-order valence-corrected chi connectivity index (χ3v) is 3.18. The second-order valence-corrected chi connectivity index (χ2v) is 7.03. The second-order valence-electron chi connectivity index (χ2n) is 7.03. The summed E-state index contributed by atoms with van der Waals surface area (Å²) in [7, 11) is 1.35. The van der Waals surface area contributed by atoms with Crippen LogP contribution in [0.5, 0.6) is 0 Å². The summed E-state index contributed by atoms with van der Waals surface area (Å²) in [6.07, 6.45) is 0.243. The fourth-order valence-corrected chi connectivity index (χ4v) is 1.88. The molecule has 0 saturated carbocycles. The van der Waals surface area contributed by atoms with Crippen LogP contribution in [0.1, 0.15) is 27.2 Å². The Bertz CT molecular complexity index is 422. The Hall–Kier alpha value is -1.30. The molecular weight excluding hydrogens is 400 g/mol. The average molecular weight is 439 g/mol. The Labute approximate surface area is 179 Å². The minimum absolute atomic E-state index is 0.0827. The zero-order valence-electron chi connectivity index (χ0n) is 18.8.